The van der Waals surface area contributed by atoms with Crippen LogP contribution in [0.4, 0.5) is 0 Å². The molecule has 0 bridgehead atoms. The molecule has 2 atom stereocenters. The molecule has 0 aromatic carbocycles. The van der Waals surface area contributed by atoms with Crippen molar-refractivity contribution in [3.63, 3.8) is 0 Å². The van der Waals surface area contributed by atoms with E-state index in [1.165, 1.54) is 25.7 Å². The molecule has 2 unspecified atom stereocenters. The first kappa shape index (κ1) is 13.3. The Hall–Kier alpha value is -0.160. The minimum atomic E-state index is -0.0810. The summed E-state index contributed by atoms with van der Waals surface area (Å²) in [5.74, 6) is 1.69. The predicted molar refractivity (Wildman–Crippen MR) is 67.7 cm³/mol. The van der Waals surface area contributed by atoms with Gasteiger partial charge < -0.3 is 15.6 Å². The van der Waals surface area contributed by atoms with Crippen molar-refractivity contribution < 1.29 is 9.84 Å². The van der Waals surface area contributed by atoms with Gasteiger partial charge in [0, 0.05) is 26.2 Å². The van der Waals surface area contributed by atoms with Crippen molar-refractivity contribution in [2.75, 3.05) is 33.4 Å². The average molecular weight is 242 g/mol. The van der Waals surface area contributed by atoms with Crippen molar-refractivity contribution in [2.24, 2.45) is 17.6 Å². The average Bonchev–Trinajstić information content (AvgIpc) is 3.14. The minimum absolute atomic E-state index is 0.0659. The Labute approximate surface area is 104 Å². The van der Waals surface area contributed by atoms with Crippen LogP contribution in [0.5, 0.6) is 0 Å². The van der Waals surface area contributed by atoms with E-state index < -0.39 is 0 Å². The molecule has 2 aliphatic carbocycles. The summed E-state index contributed by atoms with van der Waals surface area (Å²) in [6.45, 7) is 2.89. The van der Waals surface area contributed by atoms with Gasteiger partial charge in [0.2, 0.25) is 0 Å². The van der Waals surface area contributed by atoms with Gasteiger partial charge in [-0.25, -0.2) is 0 Å². The first-order valence-electron chi connectivity index (χ1n) is 6.84. The fraction of sp³-hybridized carbons (Fsp3) is 1.00. The topological polar surface area (TPSA) is 58.7 Å². The zero-order valence-electron chi connectivity index (χ0n) is 10.8. The molecule has 0 aromatic heterocycles. The van der Waals surface area contributed by atoms with Gasteiger partial charge in [-0.1, -0.05) is 0 Å². The molecule has 0 heterocycles. The fourth-order valence-electron chi connectivity index (χ4n) is 2.43. The first-order valence-corrected chi connectivity index (χ1v) is 6.84. The van der Waals surface area contributed by atoms with Gasteiger partial charge in [-0.05, 0) is 37.5 Å². The largest absolute Gasteiger partial charge is 0.395 e. The molecule has 17 heavy (non-hydrogen) atoms. The fourth-order valence-corrected chi connectivity index (χ4v) is 2.43. The highest BCUT2D eigenvalue weighted by atomic mass is 16.5. The van der Waals surface area contributed by atoms with Crippen LogP contribution in [0.15, 0.2) is 0 Å². The first-order chi connectivity index (χ1) is 8.24. The van der Waals surface area contributed by atoms with E-state index in [9.17, 15) is 5.11 Å². The van der Waals surface area contributed by atoms with Gasteiger partial charge in [0.05, 0.1) is 19.3 Å². The number of methoxy groups -OCH3 is 1. The van der Waals surface area contributed by atoms with Crippen LogP contribution in [0.3, 0.4) is 0 Å². The van der Waals surface area contributed by atoms with Gasteiger partial charge in [0.15, 0.2) is 0 Å². The van der Waals surface area contributed by atoms with E-state index in [0.29, 0.717) is 6.61 Å². The number of nitrogens with zero attached hydrogens (tertiary/aromatic N) is 1. The molecule has 2 rings (SSSR count). The Balaban J connectivity index is 1.88. The van der Waals surface area contributed by atoms with Crippen LogP contribution in [0.25, 0.3) is 0 Å². The van der Waals surface area contributed by atoms with Crippen molar-refractivity contribution in [1.82, 2.24) is 4.90 Å². The van der Waals surface area contributed by atoms with Gasteiger partial charge >= 0.3 is 0 Å². The second kappa shape index (κ2) is 6.14. The number of hydrogen-bond acceptors (Lipinski definition) is 4. The summed E-state index contributed by atoms with van der Waals surface area (Å²) >= 11 is 0. The summed E-state index contributed by atoms with van der Waals surface area (Å²) in [5.41, 5.74) is 6.11. The maximum absolute atomic E-state index is 9.58. The molecule has 4 nitrogen and oxygen atoms in total. The van der Waals surface area contributed by atoms with E-state index in [2.05, 4.69) is 4.90 Å². The Morgan fingerprint density at radius 1 is 1.24 bits per heavy atom. The van der Waals surface area contributed by atoms with Gasteiger partial charge in [-0.3, -0.25) is 4.90 Å². The third-order valence-corrected chi connectivity index (χ3v) is 3.89. The molecule has 100 valence electrons. The maximum atomic E-state index is 9.58. The van der Waals surface area contributed by atoms with Crippen LogP contribution in [0.2, 0.25) is 0 Å². The summed E-state index contributed by atoms with van der Waals surface area (Å²) in [7, 11) is 1.67. The number of rotatable bonds is 9. The normalized spacial score (nSPS) is 24.0. The third kappa shape index (κ3) is 4.21. The number of aliphatic hydroxyl groups excluding tert-OH is 1. The number of aliphatic hydroxyl groups is 1. The number of hydrogen-bond donors (Lipinski definition) is 2. The van der Waals surface area contributed by atoms with Crippen LogP contribution >= 0.6 is 0 Å². The predicted octanol–water partition coefficient (Wildman–Crippen LogP) is 0.443. The van der Waals surface area contributed by atoms with Crippen LogP contribution in [-0.2, 0) is 4.74 Å². The van der Waals surface area contributed by atoms with Gasteiger partial charge in [-0.15, -0.1) is 0 Å². The molecule has 2 aliphatic rings. The lowest BCUT2D eigenvalue weighted by molar-refractivity contribution is 0.0645. The second-order valence-corrected chi connectivity index (χ2v) is 5.71. The second-order valence-electron chi connectivity index (χ2n) is 5.71. The molecule has 0 aromatic rings. The van der Waals surface area contributed by atoms with E-state index in [4.69, 9.17) is 10.5 Å². The monoisotopic (exact) mass is 242 g/mol. The lowest BCUT2D eigenvalue weighted by atomic mass is 10.1. The van der Waals surface area contributed by atoms with Crippen molar-refractivity contribution in [3.8, 4) is 0 Å². The van der Waals surface area contributed by atoms with Crippen LogP contribution < -0.4 is 5.73 Å². The van der Waals surface area contributed by atoms with E-state index in [0.717, 1.165) is 24.9 Å². The highest BCUT2D eigenvalue weighted by molar-refractivity contribution is 4.89. The summed E-state index contributed by atoms with van der Waals surface area (Å²) in [6, 6.07) is -0.0151. The SMILES string of the molecule is COCC(N)C(CO)N(CC1CC1)CC1CC1. The zero-order chi connectivity index (χ0) is 12.3. The number of nitrogens with two attached hydrogens (primary N) is 1. The van der Waals surface area contributed by atoms with Crippen molar-refractivity contribution in [3.05, 3.63) is 0 Å². The molecular weight excluding hydrogens is 216 g/mol. The summed E-state index contributed by atoms with van der Waals surface area (Å²) in [5, 5.41) is 9.58. The van der Waals surface area contributed by atoms with Crippen LogP contribution in [0, 0.1) is 11.8 Å². The zero-order valence-corrected chi connectivity index (χ0v) is 10.8. The van der Waals surface area contributed by atoms with Gasteiger partial charge in [0.25, 0.3) is 0 Å². The maximum Gasteiger partial charge on any atom is 0.0629 e. The van der Waals surface area contributed by atoms with Crippen LogP contribution in [0.1, 0.15) is 25.7 Å². The Morgan fingerprint density at radius 2 is 1.76 bits per heavy atom. The molecule has 0 saturated heterocycles. The Bertz CT molecular complexity index is 215. The minimum Gasteiger partial charge on any atom is -0.395 e. The molecule has 0 spiro atoms. The molecular formula is C13H26N2O2. The smallest absolute Gasteiger partial charge is 0.0629 e. The Kier molecular flexibility index (Phi) is 4.79. The standard InChI is InChI=1S/C13H26N2O2/c1-17-9-12(14)13(8-16)15(6-10-2-3-10)7-11-4-5-11/h10-13,16H,2-9,14H2,1H3. The highest BCUT2D eigenvalue weighted by Crippen LogP contribution is 2.34. The van der Waals surface area contributed by atoms with Crippen LogP contribution in [-0.4, -0.2) is 55.5 Å². The molecule has 0 amide bonds. The van der Waals surface area contributed by atoms with E-state index >= 15 is 0 Å². The van der Waals surface area contributed by atoms with Gasteiger partial charge in [-0.2, -0.15) is 0 Å². The van der Waals surface area contributed by atoms with Crippen molar-refractivity contribution in [2.45, 2.75) is 37.8 Å². The quantitative estimate of drug-likeness (QED) is 0.616. The molecule has 3 N–H and O–H groups in total. The molecule has 0 radical (unpaired) electrons. The molecule has 2 fully saturated rings. The Morgan fingerprint density at radius 3 is 2.12 bits per heavy atom. The van der Waals surface area contributed by atoms with Gasteiger partial charge in [0.1, 0.15) is 0 Å². The van der Waals surface area contributed by atoms with E-state index in [1.807, 2.05) is 0 Å². The molecule has 0 aliphatic heterocycles. The lowest BCUT2D eigenvalue weighted by Crippen LogP contribution is -2.53. The highest BCUT2D eigenvalue weighted by Gasteiger charge is 2.34. The summed E-state index contributed by atoms with van der Waals surface area (Å²) in [4.78, 5) is 2.42. The lowest BCUT2D eigenvalue weighted by Gasteiger charge is -2.34. The van der Waals surface area contributed by atoms with E-state index in [1.54, 1.807) is 7.11 Å². The summed E-state index contributed by atoms with van der Waals surface area (Å²) in [6.07, 6.45) is 5.38. The van der Waals surface area contributed by atoms with Crippen molar-refractivity contribution in [1.29, 1.82) is 0 Å². The third-order valence-electron chi connectivity index (χ3n) is 3.89. The van der Waals surface area contributed by atoms with E-state index in [-0.39, 0.29) is 18.7 Å². The molecule has 4 heteroatoms. The van der Waals surface area contributed by atoms with Crippen molar-refractivity contribution >= 4 is 0 Å². The summed E-state index contributed by atoms with van der Waals surface area (Å²) < 4.78 is 5.12. The number of ether oxygens (including phenoxy) is 1. The molecule has 2 saturated carbocycles.